The third-order valence-corrected chi connectivity index (χ3v) is 2.18. The zero-order valence-corrected chi connectivity index (χ0v) is 9.54. The van der Waals surface area contributed by atoms with Crippen molar-refractivity contribution in [1.82, 2.24) is 0 Å². The van der Waals surface area contributed by atoms with Crippen molar-refractivity contribution in [2.45, 2.75) is 0 Å². The molecule has 0 amide bonds. The maximum absolute atomic E-state index is 6.02. The molecule has 3 nitrogen and oxygen atoms in total. The molecule has 0 unspecified atom stereocenters. The van der Waals surface area contributed by atoms with E-state index in [0.29, 0.717) is 23.1 Å². The monoisotopic (exact) mass is 227 g/mol. The van der Waals surface area contributed by atoms with Crippen LogP contribution in [0, 0.1) is 0 Å². The summed E-state index contributed by atoms with van der Waals surface area (Å²) >= 11 is 6.02. The molecule has 0 aliphatic carbocycles. The molecule has 1 aromatic carbocycles. The van der Waals surface area contributed by atoms with Crippen LogP contribution in [-0.2, 0) is 0 Å². The SMILES string of the molecule is COc1cc(/C=C/CN)cc(Cl)c1OC. The third kappa shape index (κ3) is 2.88. The molecule has 0 spiro atoms. The molecule has 0 radical (unpaired) electrons. The molecule has 1 rings (SSSR count). The summed E-state index contributed by atoms with van der Waals surface area (Å²) in [5, 5.41) is 0.522. The van der Waals surface area contributed by atoms with E-state index in [-0.39, 0.29) is 0 Å². The summed E-state index contributed by atoms with van der Waals surface area (Å²) in [6.45, 7) is 0.492. The molecule has 15 heavy (non-hydrogen) atoms. The highest BCUT2D eigenvalue weighted by Gasteiger charge is 2.09. The minimum atomic E-state index is 0.492. The molecular formula is C11H14ClNO2. The topological polar surface area (TPSA) is 44.5 Å². The maximum Gasteiger partial charge on any atom is 0.179 e. The Labute approximate surface area is 94.4 Å². The van der Waals surface area contributed by atoms with Gasteiger partial charge in [-0.1, -0.05) is 23.8 Å². The molecule has 0 atom stereocenters. The van der Waals surface area contributed by atoms with Gasteiger partial charge in [0.15, 0.2) is 11.5 Å². The normalized spacial score (nSPS) is 10.7. The van der Waals surface area contributed by atoms with Crippen LogP contribution in [-0.4, -0.2) is 20.8 Å². The molecule has 0 saturated carbocycles. The van der Waals surface area contributed by atoms with E-state index in [2.05, 4.69) is 0 Å². The van der Waals surface area contributed by atoms with E-state index in [1.165, 1.54) is 0 Å². The van der Waals surface area contributed by atoms with Crippen molar-refractivity contribution in [3.8, 4) is 11.5 Å². The molecule has 82 valence electrons. The van der Waals surface area contributed by atoms with Gasteiger partial charge < -0.3 is 15.2 Å². The summed E-state index contributed by atoms with van der Waals surface area (Å²) in [5.74, 6) is 1.16. The van der Waals surface area contributed by atoms with Crippen LogP contribution < -0.4 is 15.2 Å². The van der Waals surface area contributed by atoms with Gasteiger partial charge in [-0.15, -0.1) is 0 Å². The summed E-state index contributed by atoms with van der Waals surface area (Å²) in [5.41, 5.74) is 6.30. The minimum Gasteiger partial charge on any atom is -0.493 e. The van der Waals surface area contributed by atoms with Crippen LogP contribution in [0.4, 0.5) is 0 Å². The van der Waals surface area contributed by atoms with Crippen molar-refractivity contribution in [1.29, 1.82) is 0 Å². The van der Waals surface area contributed by atoms with Crippen LogP contribution in [0.1, 0.15) is 5.56 Å². The molecule has 0 aliphatic rings. The minimum absolute atomic E-state index is 0.492. The zero-order chi connectivity index (χ0) is 11.3. The van der Waals surface area contributed by atoms with Gasteiger partial charge in [0, 0.05) is 6.54 Å². The van der Waals surface area contributed by atoms with Crippen molar-refractivity contribution >= 4 is 17.7 Å². The van der Waals surface area contributed by atoms with Gasteiger partial charge in [-0.05, 0) is 17.7 Å². The van der Waals surface area contributed by atoms with Crippen LogP contribution in [0.15, 0.2) is 18.2 Å². The van der Waals surface area contributed by atoms with Gasteiger partial charge in [-0.3, -0.25) is 0 Å². The smallest absolute Gasteiger partial charge is 0.179 e. The summed E-state index contributed by atoms with van der Waals surface area (Å²) in [6.07, 6.45) is 3.73. The first kappa shape index (κ1) is 11.9. The first-order chi connectivity index (χ1) is 7.22. The lowest BCUT2D eigenvalue weighted by Crippen LogP contribution is -1.93. The molecule has 2 N–H and O–H groups in total. The lowest BCUT2D eigenvalue weighted by molar-refractivity contribution is 0.355. The van der Waals surface area contributed by atoms with Crippen molar-refractivity contribution in [3.63, 3.8) is 0 Å². The van der Waals surface area contributed by atoms with E-state index in [1.54, 1.807) is 20.3 Å². The number of hydrogen-bond donors (Lipinski definition) is 1. The largest absolute Gasteiger partial charge is 0.493 e. The van der Waals surface area contributed by atoms with Crippen molar-refractivity contribution < 1.29 is 9.47 Å². The first-order valence-corrected chi connectivity index (χ1v) is 4.88. The summed E-state index contributed by atoms with van der Waals surface area (Å²) in [4.78, 5) is 0. The second-order valence-electron chi connectivity index (χ2n) is 2.88. The molecule has 4 heteroatoms. The quantitative estimate of drug-likeness (QED) is 0.859. The van der Waals surface area contributed by atoms with Gasteiger partial charge in [0.25, 0.3) is 0 Å². The van der Waals surface area contributed by atoms with E-state index >= 15 is 0 Å². The Bertz CT molecular complexity index is 364. The molecule has 1 aromatic rings. The molecular weight excluding hydrogens is 214 g/mol. The van der Waals surface area contributed by atoms with E-state index in [1.807, 2.05) is 18.2 Å². The molecule has 0 aliphatic heterocycles. The van der Waals surface area contributed by atoms with Gasteiger partial charge in [-0.25, -0.2) is 0 Å². The maximum atomic E-state index is 6.02. The number of halogens is 1. The fourth-order valence-electron chi connectivity index (χ4n) is 1.24. The summed E-state index contributed by atoms with van der Waals surface area (Å²) < 4.78 is 10.3. The lowest BCUT2D eigenvalue weighted by atomic mass is 10.2. The predicted molar refractivity (Wildman–Crippen MR) is 62.6 cm³/mol. The molecule has 0 aromatic heterocycles. The second-order valence-corrected chi connectivity index (χ2v) is 3.28. The van der Waals surface area contributed by atoms with Gasteiger partial charge in [-0.2, -0.15) is 0 Å². The number of methoxy groups -OCH3 is 2. The van der Waals surface area contributed by atoms with E-state index in [4.69, 9.17) is 26.8 Å². The average Bonchev–Trinajstić information content (AvgIpc) is 2.25. The fourth-order valence-corrected chi connectivity index (χ4v) is 1.53. The van der Waals surface area contributed by atoms with Gasteiger partial charge in [0.2, 0.25) is 0 Å². The third-order valence-electron chi connectivity index (χ3n) is 1.90. The Morgan fingerprint density at radius 1 is 1.33 bits per heavy atom. The fraction of sp³-hybridized carbons (Fsp3) is 0.273. The zero-order valence-electron chi connectivity index (χ0n) is 8.79. The summed E-state index contributed by atoms with van der Waals surface area (Å²) in [6, 6.07) is 3.64. The Morgan fingerprint density at radius 3 is 2.60 bits per heavy atom. The molecule has 0 fully saturated rings. The predicted octanol–water partition coefficient (Wildman–Crippen LogP) is 2.33. The number of hydrogen-bond acceptors (Lipinski definition) is 3. The number of nitrogens with two attached hydrogens (primary N) is 1. The Balaban J connectivity index is 3.13. The number of benzene rings is 1. The Hall–Kier alpha value is -1.19. The molecule has 0 heterocycles. The highest BCUT2D eigenvalue weighted by molar-refractivity contribution is 6.32. The molecule has 0 saturated heterocycles. The van der Waals surface area contributed by atoms with Crippen LogP contribution in [0.5, 0.6) is 11.5 Å². The second kappa shape index (κ2) is 5.63. The van der Waals surface area contributed by atoms with Crippen LogP contribution in [0.3, 0.4) is 0 Å². The van der Waals surface area contributed by atoms with Crippen LogP contribution in [0.2, 0.25) is 5.02 Å². The highest BCUT2D eigenvalue weighted by atomic mass is 35.5. The highest BCUT2D eigenvalue weighted by Crippen LogP contribution is 2.36. The van der Waals surface area contributed by atoms with E-state index < -0.39 is 0 Å². The van der Waals surface area contributed by atoms with Crippen molar-refractivity contribution in [2.24, 2.45) is 5.73 Å². The Morgan fingerprint density at radius 2 is 2.07 bits per heavy atom. The lowest BCUT2D eigenvalue weighted by Gasteiger charge is -2.10. The van der Waals surface area contributed by atoms with Crippen LogP contribution >= 0.6 is 11.6 Å². The van der Waals surface area contributed by atoms with E-state index in [9.17, 15) is 0 Å². The van der Waals surface area contributed by atoms with Gasteiger partial charge >= 0.3 is 0 Å². The summed E-state index contributed by atoms with van der Waals surface area (Å²) in [7, 11) is 3.13. The van der Waals surface area contributed by atoms with Crippen molar-refractivity contribution in [2.75, 3.05) is 20.8 Å². The average molecular weight is 228 g/mol. The van der Waals surface area contributed by atoms with Crippen LogP contribution in [0.25, 0.3) is 6.08 Å². The number of ether oxygens (including phenoxy) is 2. The van der Waals surface area contributed by atoms with Gasteiger partial charge in [0.05, 0.1) is 19.2 Å². The van der Waals surface area contributed by atoms with Crippen molar-refractivity contribution in [3.05, 3.63) is 28.8 Å². The Kier molecular flexibility index (Phi) is 4.46. The number of rotatable bonds is 4. The van der Waals surface area contributed by atoms with Gasteiger partial charge in [0.1, 0.15) is 0 Å². The first-order valence-electron chi connectivity index (χ1n) is 4.51. The standard InChI is InChI=1S/C11H14ClNO2/c1-14-10-7-8(4-3-5-13)6-9(12)11(10)15-2/h3-4,6-7H,5,13H2,1-2H3/b4-3+. The molecule has 0 bridgehead atoms. The van der Waals surface area contributed by atoms with E-state index in [0.717, 1.165) is 5.56 Å².